The molecule has 1 heterocycles. The van der Waals surface area contributed by atoms with Crippen LogP contribution in [0.4, 0.5) is 26.3 Å². The molecule has 1 aliphatic rings. The number of ether oxygens (including phenoxy) is 1. The minimum absolute atomic E-state index is 0.000321. The van der Waals surface area contributed by atoms with Crippen molar-refractivity contribution in [2.75, 3.05) is 11.5 Å². The molecule has 2 atom stereocenters. The number of amides is 1. The molecule has 1 amide bonds. The van der Waals surface area contributed by atoms with Crippen LogP contribution >= 0.6 is 11.6 Å². The van der Waals surface area contributed by atoms with E-state index >= 15 is 0 Å². The van der Waals surface area contributed by atoms with Gasteiger partial charge in [0, 0.05) is 45.7 Å². The molecule has 0 bridgehead atoms. The molecule has 0 fully saturated rings. The number of oxime groups is 1. The fourth-order valence-electron chi connectivity index (χ4n) is 3.37. The number of alkyl halides is 6. The molecule has 0 aromatic heterocycles. The molecule has 196 valence electrons. The van der Waals surface area contributed by atoms with Crippen molar-refractivity contribution >= 4 is 34.0 Å². The normalized spacial score (nSPS) is 18.8. The minimum atomic E-state index is -5.09. The van der Waals surface area contributed by atoms with Crippen LogP contribution in [0.25, 0.3) is 0 Å². The van der Waals surface area contributed by atoms with Gasteiger partial charge in [0.25, 0.3) is 5.60 Å². The van der Waals surface area contributed by atoms with Crippen LogP contribution in [0.15, 0.2) is 47.6 Å². The number of hydrogen-bond acceptors (Lipinski definition) is 5. The van der Waals surface area contributed by atoms with Gasteiger partial charge in [-0.25, -0.2) is 0 Å². The van der Waals surface area contributed by atoms with Gasteiger partial charge in [-0.2, -0.15) is 13.2 Å². The van der Waals surface area contributed by atoms with Gasteiger partial charge in [0.2, 0.25) is 5.91 Å². The van der Waals surface area contributed by atoms with Gasteiger partial charge in [-0.15, -0.1) is 13.2 Å². The van der Waals surface area contributed by atoms with Crippen molar-refractivity contribution in [3.8, 4) is 5.75 Å². The fraction of sp³-hybridized carbons (Fsp3) is 0.364. The van der Waals surface area contributed by atoms with Crippen molar-refractivity contribution in [2.24, 2.45) is 5.16 Å². The highest BCUT2D eigenvalue weighted by Gasteiger charge is 2.62. The summed E-state index contributed by atoms with van der Waals surface area (Å²) in [6.45, 7) is 1.68. The maximum Gasteiger partial charge on any atom is 0.573 e. The molecule has 1 aliphatic heterocycles. The first kappa shape index (κ1) is 27.8. The lowest BCUT2D eigenvalue weighted by atomic mass is 9.86. The van der Waals surface area contributed by atoms with Crippen LogP contribution in [0.5, 0.6) is 5.75 Å². The topological polar surface area (TPSA) is 77.0 Å². The Hall–Kier alpha value is -2.80. The molecular weight excluding hydrogens is 538 g/mol. The summed E-state index contributed by atoms with van der Waals surface area (Å²) in [7, 11) is -1.29. The number of benzene rings is 2. The van der Waals surface area contributed by atoms with Gasteiger partial charge >= 0.3 is 12.5 Å². The molecule has 36 heavy (non-hydrogen) atoms. The summed E-state index contributed by atoms with van der Waals surface area (Å²) in [5, 5.41) is 6.25. The van der Waals surface area contributed by atoms with E-state index in [-0.39, 0.29) is 28.6 Å². The van der Waals surface area contributed by atoms with Crippen molar-refractivity contribution in [3.05, 3.63) is 64.2 Å². The molecule has 2 aromatic carbocycles. The van der Waals surface area contributed by atoms with E-state index in [0.29, 0.717) is 17.4 Å². The second-order valence-corrected chi connectivity index (χ2v) is 9.82. The summed E-state index contributed by atoms with van der Waals surface area (Å²) >= 11 is 6.23. The minimum Gasteiger partial charge on any atom is -0.406 e. The predicted molar refractivity (Wildman–Crippen MR) is 120 cm³/mol. The second-order valence-electron chi connectivity index (χ2n) is 7.66. The van der Waals surface area contributed by atoms with Crippen LogP contribution in [-0.4, -0.2) is 39.9 Å². The Morgan fingerprint density at radius 1 is 1.19 bits per heavy atom. The molecular formula is C22H19ClF6N2O4S. The first-order valence-corrected chi connectivity index (χ1v) is 12.2. The Morgan fingerprint density at radius 3 is 2.53 bits per heavy atom. The summed E-state index contributed by atoms with van der Waals surface area (Å²) < 4.78 is 95.3. The van der Waals surface area contributed by atoms with Gasteiger partial charge in [0.15, 0.2) is 0 Å². The average Bonchev–Trinajstić information content (AvgIpc) is 3.24. The Kier molecular flexibility index (Phi) is 8.23. The highest BCUT2D eigenvalue weighted by molar-refractivity contribution is 7.85. The SMILES string of the molecule is CCS(=O)CC(=O)NCc1ccc(C2=NOC(c3cccc(OC(F)(F)F)c3)(C(F)(F)F)C2)cc1Cl. The number of nitrogens with one attached hydrogen (secondary N) is 1. The van der Waals surface area contributed by atoms with Gasteiger partial charge < -0.3 is 14.9 Å². The van der Waals surface area contributed by atoms with Crippen LogP contribution < -0.4 is 10.1 Å². The van der Waals surface area contributed by atoms with E-state index in [1.807, 2.05) is 0 Å². The number of nitrogens with zero attached hydrogens (tertiary/aromatic N) is 1. The molecule has 0 aliphatic carbocycles. The molecule has 14 heteroatoms. The van der Waals surface area contributed by atoms with Crippen molar-refractivity contribution in [1.82, 2.24) is 5.32 Å². The quantitative estimate of drug-likeness (QED) is 0.453. The molecule has 1 N–H and O–H groups in total. The monoisotopic (exact) mass is 556 g/mol. The third-order valence-corrected chi connectivity index (χ3v) is 6.78. The number of carbonyl (C=O) groups excluding carboxylic acids is 1. The van der Waals surface area contributed by atoms with Gasteiger partial charge in [-0.1, -0.05) is 47.9 Å². The maximum absolute atomic E-state index is 14.1. The molecule has 2 unspecified atom stereocenters. The third-order valence-electron chi connectivity index (χ3n) is 5.20. The molecule has 3 rings (SSSR count). The standard InChI is InChI=1S/C22H19ClF6N2O4S/c1-2-36(33)12-19(32)30-11-14-7-6-13(8-17(14)23)18-10-20(35-31-18,21(24,25)26)15-4-3-5-16(9-15)34-22(27,28)29/h3-9H,2,10-12H2,1H3,(H,30,32). The van der Waals surface area contributed by atoms with E-state index in [2.05, 4.69) is 15.2 Å². The fourth-order valence-corrected chi connectivity index (χ4v) is 4.21. The second kappa shape index (κ2) is 10.7. The largest absolute Gasteiger partial charge is 0.573 e. The molecule has 0 spiro atoms. The highest BCUT2D eigenvalue weighted by Crippen LogP contribution is 2.49. The summed E-state index contributed by atoms with van der Waals surface area (Å²) in [6, 6.07) is 7.67. The third kappa shape index (κ3) is 6.49. The lowest BCUT2D eigenvalue weighted by Crippen LogP contribution is -2.42. The predicted octanol–water partition coefficient (Wildman–Crippen LogP) is 5.21. The highest BCUT2D eigenvalue weighted by atomic mass is 35.5. The van der Waals surface area contributed by atoms with Gasteiger partial charge in [-0.05, 0) is 23.8 Å². The Labute approximate surface area is 209 Å². The average molecular weight is 557 g/mol. The van der Waals surface area contributed by atoms with Crippen molar-refractivity contribution < 1.29 is 44.9 Å². The van der Waals surface area contributed by atoms with Crippen molar-refractivity contribution in [2.45, 2.75) is 38.0 Å². The first-order valence-electron chi connectivity index (χ1n) is 10.3. The molecule has 0 radical (unpaired) electrons. The van der Waals surface area contributed by atoms with E-state index in [9.17, 15) is 35.3 Å². The zero-order valence-electron chi connectivity index (χ0n) is 18.5. The summed E-state index contributed by atoms with van der Waals surface area (Å²) in [5.74, 6) is -1.13. The lowest BCUT2D eigenvalue weighted by Gasteiger charge is -2.29. The molecule has 0 saturated heterocycles. The van der Waals surface area contributed by atoms with Gasteiger partial charge in [-0.3, -0.25) is 9.00 Å². The van der Waals surface area contributed by atoms with Crippen LogP contribution in [0, 0.1) is 0 Å². The number of hydrogen-bond donors (Lipinski definition) is 1. The van der Waals surface area contributed by atoms with Crippen LogP contribution in [0.1, 0.15) is 30.0 Å². The van der Waals surface area contributed by atoms with Gasteiger partial charge in [0.05, 0.1) is 5.71 Å². The molecule has 0 saturated carbocycles. The van der Waals surface area contributed by atoms with E-state index in [0.717, 1.165) is 18.2 Å². The van der Waals surface area contributed by atoms with Crippen molar-refractivity contribution in [1.29, 1.82) is 0 Å². The Morgan fingerprint density at radius 2 is 1.92 bits per heavy atom. The lowest BCUT2D eigenvalue weighted by molar-refractivity contribution is -0.277. The zero-order chi connectivity index (χ0) is 26.7. The van der Waals surface area contributed by atoms with E-state index < -0.39 is 52.6 Å². The summed E-state index contributed by atoms with van der Waals surface area (Å²) in [4.78, 5) is 16.7. The number of halogens is 7. The Balaban J connectivity index is 1.80. The number of rotatable bonds is 8. The van der Waals surface area contributed by atoms with Crippen molar-refractivity contribution in [3.63, 3.8) is 0 Å². The molecule has 6 nitrogen and oxygen atoms in total. The van der Waals surface area contributed by atoms with Crippen LogP contribution in [0.2, 0.25) is 5.02 Å². The Bertz CT molecular complexity index is 1190. The summed E-state index contributed by atoms with van der Waals surface area (Å²) in [6.07, 6.45) is -11.0. The number of carbonyl (C=O) groups is 1. The van der Waals surface area contributed by atoms with E-state index in [4.69, 9.17) is 16.4 Å². The molecule has 2 aromatic rings. The van der Waals surface area contributed by atoms with Crippen LogP contribution in [-0.2, 0) is 32.6 Å². The smallest absolute Gasteiger partial charge is 0.406 e. The maximum atomic E-state index is 14.1. The van der Waals surface area contributed by atoms with E-state index in [1.165, 1.54) is 18.2 Å². The van der Waals surface area contributed by atoms with E-state index in [1.54, 1.807) is 6.92 Å². The van der Waals surface area contributed by atoms with Crippen LogP contribution in [0.3, 0.4) is 0 Å². The van der Waals surface area contributed by atoms with Gasteiger partial charge in [0.1, 0.15) is 11.5 Å². The first-order chi connectivity index (χ1) is 16.7. The zero-order valence-corrected chi connectivity index (χ0v) is 20.1. The summed E-state index contributed by atoms with van der Waals surface area (Å²) in [5.41, 5.74) is -3.15.